The Hall–Kier alpha value is -1.10. The largest absolute Gasteiger partial charge is 0.368 e. The number of carbonyl (C=O) groups is 2. The van der Waals surface area contributed by atoms with Crippen LogP contribution in [-0.2, 0) is 9.59 Å². The molecule has 2 amide bonds. The van der Waals surface area contributed by atoms with Gasteiger partial charge in [0.25, 0.3) is 0 Å². The Labute approximate surface area is 96.4 Å². The highest BCUT2D eigenvalue weighted by Gasteiger charge is 2.34. The summed E-state index contributed by atoms with van der Waals surface area (Å²) >= 11 is 0. The minimum absolute atomic E-state index is 0.0299. The molecule has 1 rings (SSSR count). The number of hydrogen-bond acceptors (Lipinski definition) is 3. The zero-order valence-electron chi connectivity index (χ0n) is 10.0. The van der Waals surface area contributed by atoms with Crippen LogP contribution in [0.2, 0.25) is 0 Å². The highest BCUT2D eigenvalue weighted by Crippen LogP contribution is 2.19. The van der Waals surface area contributed by atoms with Gasteiger partial charge in [-0.1, -0.05) is 13.8 Å². The van der Waals surface area contributed by atoms with Crippen molar-refractivity contribution in [1.82, 2.24) is 10.2 Å². The second-order valence-corrected chi connectivity index (χ2v) is 4.30. The van der Waals surface area contributed by atoms with E-state index in [4.69, 9.17) is 5.73 Å². The summed E-state index contributed by atoms with van der Waals surface area (Å²) in [5.41, 5.74) is 5.28. The molecule has 5 heteroatoms. The molecule has 0 spiro atoms. The van der Waals surface area contributed by atoms with E-state index in [1.165, 1.54) is 0 Å². The lowest BCUT2D eigenvalue weighted by Gasteiger charge is -2.25. The molecule has 0 saturated carbocycles. The van der Waals surface area contributed by atoms with Crippen molar-refractivity contribution in [3.63, 3.8) is 0 Å². The molecule has 0 bridgehead atoms. The van der Waals surface area contributed by atoms with Crippen molar-refractivity contribution >= 4 is 11.8 Å². The highest BCUT2D eigenvalue weighted by molar-refractivity contribution is 5.88. The van der Waals surface area contributed by atoms with Crippen LogP contribution in [0.1, 0.15) is 26.7 Å². The summed E-state index contributed by atoms with van der Waals surface area (Å²) in [7, 11) is 0. The lowest BCUT2D eigenvalue weighted by atomic mass is 10.1. The van der Waals surface area contributed by atoms with Gasteiger partial charge in [-0.25, -0.2) is 0 Å². The van der Waals surface area contributed by atoms with E-state index >= 15 is 0 Å². The average Bonchev–Trinajstić information content (AvgIpc) is 2.73. The predicted molar refractivity (Wildman–Crippen MR) is 61.6 cm³/mol. The number of primary amides is 1. The van der Waals surface area contributed by atoms with Crippen molar-refractivity contribution in [3.8, 4) is 0 Å². The zero-order chi connectivity index (χ0) is 12.1. The summed E-state index contributed by atoms with van der Waals surface area (Å²) in [6.45, 7) is 6.03. The van der Waals surface area contributed by atoms with Crippen LogP contribution in [0.3, 0.4) is 0 Å². The zero-order valence-corrected chi connectivity index (χ0v) is 10.0. The molecule has 1 heterocycles. The number of nitrogens with two attached hydrogens (primary N) is 1. The minimum atomic E-state index is -0.392. The van der Waals surface area contributed by atoms with E-state index in [1.54, 1.807) is 4.90 Å². The fourth-order valence-corrected chi connectivity index (χ4v) is 2.06. The van der Waals surface area contributed by atoms with Crippen molar-refractivity contribution in [2.45, 2.75) is 32.7 Å². The van der Waals surface area contributed by atoms with Gasteiger partial charge < -0.3 is 16.0 Å². The van der Waals surface area contributed by atoms with Crippen LogP contribution >= 0.6 is 0 Å². The van der Waals surface area contributed by atoms with Crippen molar-refractivity contribution in [3.05, 3.63) is 0 Å². The molecule has 3 N–H and O–H groups in total. The van der Waals surface area contributed by atoms with Crippen LogP contribution in [-0.4, -0.2) is 42.4 Å². The van der Waals surface area contributed by atoms with E-state index in [2.05, 4.69) is 5.32 Å². The Morgan fingerprint density at radius 2 is 2.25 bits per heavy atom. The fraction of sp³-hybridized carbons (Fsp3) is 0.818. The number of hydrogen-bond donors (Lipinski definition) is 2. The molecule has 0 aromatic rings. The SMILES string of the molecule is CCNCC(C)C(=O)N1CCCC1C(N)=O. The second-order valence-electron chi connectivity index (χ2n) is 4.30. The number of likely N-dealkylation sites (tertiary alicyclic amines) is 1. The van der Waals surface area contributed by atoms with Crippen molar-refractivity contribution in [2.75, 3.05) is 19.6 Å². The van der Waals surface area contributed by atoms with E-state index in [1.807, 2.05) is 13.8 Å². The first kappa shape index (κ1) is 13.0. The first-order valence-electron chi connectivity index (χ1n) is 5.88. The van der Waals surface area contributed by atoms with Crippen molar-refractivity contribution in [1.29, 1.82) is 0 Å². The van der Waals surface area contributed by atoms with Crippen LogP contribution in [0.25, 0.3) is 0 Å². The third-order valence-electron chi connectivity index (χ3n) is 2.99. The summed E-state index contributed by atoms with van der Waals surface area (Å²) in [4.78, 5) is 24.8. The second kappa shape index (κ2) is 5.84. The normalized spacial score (nSPS) is 22.1. The van der Waals surface area contributed by atoms with Gasteiger partial charge in [0.05, 0.1) is 0 Å². The Morgan fingerprint density at radius 3 is 2.81 bits per heavy atom. The van der Waals surface area contributed by atoms with Gasteiger partial charge in [-0.05, 0) is 19.4 Å². The van der Waals surface area contributed by atoms with Crippen molar-refractivity contribution < 1.29 is 9.59 Å². The first-order chi connectivity index (χ1) is 7.57. The molecule has 0 aromatic heterocycles. The Kier molecular flexibility index (Phi) is 4.73. The van der Waals surface area contributed by atoms with Gasteiger partial charge in [-0.2, -0.15) is 0 Å². The summed E-state index contributed by atoms with van der Waals surface area (Å²) in [5, 5.41) is 3.13. The van der Waals surface area contributed by atoms with Crippen LogP contribution < -0.4 is 11.1 Å². The van der Waals surface area contributed by atoms with Crippen molar-refractivity contribution in [2.24, 2.45) is 11.7 Å². The molecule has 0 aromatic carbocycles. The Balaban J connectivity index is 2.55. The number of rotatable bonds is 5. The maximum atomic E-state index is 12.0. The maximum absolute atomic E-state index is 12.0. The predicted octanol–water partition coefficient (Wildman–Crippen LogP) is -0.292. The van der Waals surface area contributed by atoms with Crippen LogP contribution in [0.4, 0.5) is 0 Å². The number of nitrogens with zero attached hydrogens (tertiary/aromatic N) is 1. The molecule has 16 heavy (non-hydrogen) atoms. The van der Waals surface area contributed by atoms with Gasteiger partial charge in [0, 0.05) is 19.0 Å². The third kappa shape index (κ3) is 2.95. The molecular formula is C11H21N3O2. The summed E-state index contributed by atoms with van der Waals surface area (Å²) in [5.74, 6) is -0.455. The van der Waals surface area contributed by atoms with Crippen LogP contribution in [0.5, 0.6) is 0 Å². The smallest absolute Gasteiger partial charge is 0.240 e. The van der Waals surface area contributed by atoms with Gasteiger partial charge in [-0.15, -0.1) is 0 Å². The molecular weight excluding hydrogens is 206 g/mol. The van der Waals surface area contributed by atoms with E-state index in [-0.39, 0.29) is 17.7 Å². The van der Waals surface area contributed by atoms with Crippen LogP contribution in [0, 0.1) is 5.92 Å². The number of carbonyl (C=O) groups excluding carboxylic acids is 2. The molecule has 1 aliphatic heterocycles. The molecule has 92 valence electrons. The molecule has 1 aliphatic rings. The van der Waals surface area contributed by atoms with Gasteiger partial charge in [0.15, 0.2) is 0 Å². The van der Waals surface area contributed by atoms with Crippen LogP contribution in [0.15, 0.2) is 0 Å². The molecule has 0 radical (unpaired) electrons. The third-order valence-corrected chi connectivity index (χ3v) is 2.99. The number of nitrogens with one attached hydrogen (secondary N) is 1. The highest BCUT2D eigenvalue weighted by atomic mass is 16.2. The lowest BCUT2D eigenvalue weighted by molar-refractivity contribution is -0.140. The number of amides is 2. The summed E-state index contributed by atoms with van der Waals surface area (Å²) < 4.78 is 0. The van der Waals surface area contributed by atoms with E-state index in [9.17, 15) is 9.59 Å². The van der Waals surface area contributed by atoms with E-state index < -0.39 is 6.04 Å². The van der Waals surface area contributed by atoms with Gasteiger partial charge in [-0.3, -0.25) is 9.59 Å². The van der Waals surface area contributed by atoms with Gasteiger partial charge in [0.1, 0.15) is 6.04 Å². The van der Waals surface area contributed by atoms with Gasteiger partial charge >= 0.3 is 0 Å². The standard InChI is InChI=1S/C11H21N3O2/c1-3-13-7-8(2)11(16)14-6-4-5-9(14)10(12)15/h8-9,13H,3-7H2,1-2H3,(H2,12,15). The maximum Gasteiger partial charge on any atom is 0.240 e. The summed E-state index contributed by atoms with van der Waals surface area (Å²) in [6.07, 6.45) is 1.57. The minimum Gasteiger partial charge on any atom is -0.368 e. The monoisotopic (exact) mass is 227 g/mol. The van der Waals surface area contributed by atoms with Gasteiger partial charge in [0.2, 0.25) is 11.8 Å². The molecule has 5 nitrogen and oxygen atoms in total. The fourth-order valence-electron chi connectivity index (χ4n) is 2.06. The Bertz CT molecular complexity index is 268. The lowest BCUT2D eigenvalue weighted by Crippen LogP contribution is -2.47. The quantitative estimate of drug-likeness (QED) is 0.677. The molecule has 2 unspecified atom stereocenters. The molecule has 0 aliphatic carbocycles. The topological polar surface area (TPSA) is 75.4 Å². The van der Waals surface area contributed by atoms with E-state index in [0.29, 0.717) is 19.5 Å². The molecule has 2 atom stereocenters. The molecule has 1 saturated heterocycles. The first-order valence-corrected chi connectivity index (χ1v) is 5.88. The Morgan fingerprint density at radius 1 is 1.56 bits per heavy atom. The molecule has 1 fully saturated rings. The average molecular weight is 227 g/mol. The summed E-state index contributed by atoms with van der Waals surface area (Å²) in [6, 6.07) is -0.392. The van der Waals surface area contributed by atoms with E-state index in [0.717, 1.165) is 13.0 Å².